The SMILES string of the molecule is CCC(CC)(CC)SCC(=O)NC1(C#N)CCC1. The van der Waals surface area contributed by atoms with Gasteiger partial charge in [-0.3, -0.25) is 4.79 Å². The molecule has 3 nitrogen and oxygen atoms in total. The monoisotopic (exact) mass is 268 g/mol. The lowest BCUT2D eigenvalue weighted by molar-refractivity contribution is -0.120. The average molecular weight is 268 g/mol. The molecule has 1 saturated carbocycles. The fraction of sp³-hybridized carbons (Fsp3) is 0.857. The van der Waals surface area contributed by atoms with Gasteiger partial charge in [0, 0.05) is 4.75 Å². The van der Waals surface area contributed by atoms with Crippen molar-refractivity contribution < 1.29 is 4.79 Å². The molecule has 4 heteroatoms. The molecule has 0 bridgehead atoms. The molecule has 18 heavy (non-hydrogen) atoms. The van der Waals surface area contributed by atoms with E-state index in [-0.39, 0.29) is 10.7 Å². The zero-order valence-electron chi connectivity index (χ0n) is 11.7. The first-order valence-electron chi connectivity index (χ1n) is 6.91. The van der Waals surface area contributed by atoms with Crippen LogP contribution in [0.25, 0.3) is 0 Å². The number of thioether (sulfide) groups is 1. The van der Waals surface area contributed by atoms with Gasteiger partial charge in [0.1, 0.15) is 5.54 Å². The van der Waals surface area contributed by atoms with Gasteiger partial charge in [-0.15, -0.1) is 11.8 Å². The molecule has 0 atom stereocenters. The minimum Gasteiger partial charge on any atom is -0.337 e. The van der Waals surface area contributed by atoms with Gasteiger partial charge in [0.05, 0.1) is 11.8 Å². The third-order valence-corrected chi connectivity index (χ3v) is 6.13. The molecule has 1 rings (SSSR count). The molecule has 0 heterocycles. The molecule has 0 aromatic heterocycles. The highest BCUT2D eigenvalue weighted by atomic mass is 32.2. The maximum absolute atomic E-state index is 11.9. The van der Waals surface area contributed by atoms with Gasteiger partial charge in [-0.1, -0.05) is 20.8 Å². The summed E-state index contributed by atoms with van der Waals surface area (Å²) in [5.41, 5.74) is -0.551. The van der Waals surface area contributed by atoms with E-state index in [1.54, 1.807) is 11.8 Å². The van der Waals surface area contributed by atoms with Gasteiger partial charge in [0.2, 0.25) is 5.91 Å². The summed E-state index contributed by atoms with van der Waals surface area (Å²) in [6.07, 6.45) is 5.91. The molecule has 1 amide bonds. The number of nitrogens with one attached hydrogen (secondary N) is 1. The van der Waals surface area contributed by atoms with Crippen molar-refractivity contribution in [3.05, 3.63) is 0 Å². The Hall–Kier alpha value is -0.690. The number of hydrogen-bond acceptors (Lipinski definition) is 3. The van der Waals surface area contributed by atoms with Crippen molar-refractivity contribution in [3.8, 4) is 6.07 Å². The normalized spacial score (nSPS) is 17.7. The number of rotatable bonds is 7. The molecule has 0 unspecified atom stereocenters. The van der Waals surface area contributed by atoms with Crippen molar-refractivity contribution in [1.29, 1.82) is 5.26 Å². The largest absolute Gasteiger partial charge is 0.337 e. The van der Waals surface area contributed by atoms with Crippen molar-refractivity contribution >= 4 is 17.7 Å². The van der Waals surface area contributed by atoms with E-state index >= 15 is 0 Å². The number of carbonyl (C=O) groups is 1. The van der Waals surface area contributed by atoms with Crippen molar-refractivity contribution in [3.63, 3.8) is 0 Å². The van der Waals surface area contributed by atoms with E-state index in [0.717, 1.165) is 38.5 Å². The predicted octanol–water partition coefficient (Wildman–Crippen LogP) is 3.25. The lowest BCUT2D eigenvalue weighted by atomic mass is 9.78. The summed E-state index contributed by atoms with van der Waals surface area (Å²) in [5.74, 6) is 0.486. The number of nitriles is 1. The van der Waals surface area contributed by atoms with Crippen LogP contribution in [0.4, 0.5) is 0 Å². The Morgan fingerprint density at radius 2 is 1.89 bits per heavy atom. The Balaban J connectivity index is 2.44. The van der Waals surface area contributed by atoms with E-state index in [9.17, 15) is 4.79 Å². The highest BCUT2D eigenvalue weighted by Crippen LogP contribution is 2.36. The van der Waals surface area contributed by atoms with Crippen LogP contribution in [-0.2, 0) is 4.79 Å². The fourth-order valence-corrected chi connectivity index (χ4v) is 3.49. The van der Waals surface area contributed by atoms with Crippen molar-refractivity contribution in [2.45, 2.75) is 69.6 Å². The summed E-state index contributed by atoms with van der Waals surface area (Å²) in [7, 11) is 0. The Bertz CT molecular complexity index is 319. The molecule has 0 radical (unpaired) electrons. The third-order valence-electron chi connectivity index (χ3n) is 4.24. The van der Waals surface area contributed by atoms with Gasteiger partial charge in [-0.25, -0.2) is 0 Å². The molecule has 0 saturated heterocycles. The van der Waals surface area contributed by atoms with Crippen molar-refractivity contribution in [2.24, 2.45) is 0 Å². The first-order valence-corrected chi connectivity index (χ1v) is 7.90. The third kappa shape index (κ3) is 3.41. The van der Waals surface area contributed by atoms with E-state index in [4.69, 9.17) is 5.26 Å². The van der Waals surface area contributed by atoms with Gasteiger partial charge >= 0.3 is 0 Å². The molecule has 0 aromatic carbocycles. The Morgan fingerprint density at radius 1 is 1.33 bits per heavy atom. The number of carbonyl (C=O) groups excluding carboxylic acids is 1. The summed E-state index contributed by atoms with van der Waals surface area (Å²) in [4.78, 5) is 11.9. The second kappa shape index (κ2) is 6.47. The minimum absolute atomic E-state index is 0.0148. The van der Waals surface area contributed by atoms with E-state index in [1.165, 1.54) is 0 Å². The molecule has 102 valence electrons. The number of nitrogens with zero attached hydrogens (tertiary/aromatic N) is 1. The quantitative estimate of drug-likeness (QED) is 0.771. The summed E-state index contributed by atoms with van der Waals surface area (Å²) >= 11 is 1.74. The topological polar surface area (TPSA) is 52.9 Å². The summed E-state index contributed by atoms with van der Waals surface area (Å²) in [6, 6.07) is 2.24. The van der Waals surface area contributed by atoms with Crippen LogP contribution in [-0.4, -0.2) is 21.9 Å². The molecule has 0 aliphatic heterocycles. The number of amides is 1. The van der Waals surface area contributed by atoms with E-state index in [0.29, 0.717) is 5.75 Å². The zero-order valence-corrected chi connectivity index (χ0v) is 12.5. The molecule has 1 N–H and O–H groups in total. The van der Waals surface area contributed by atoms with Crippen molar-refractivity contribution in [1.82, 2.24) is 5.32 Å². The van der Waals surface area contributed by atoms with E-state index in [2.05, 4.69) is 32.2 Å². The average Bonchev–Trinajstić information content (AvgIpc) is 2.36. The summed E-state index contributed by atoms with van der Waals surface area (Å²) in [6.45, 7) is 6.54. The Kier molecular flexibility index (Phi) is 5.52. The molecular weight excluding hydrogens is 244 g/mol. The van der Waals surface area contributed by atoms with Crippen LogP contribution < -0.4 is 5.32 Å². The van der Waals surface area contributed by atoms with E-state index in [1.807, 2.05) is 0 Å². The molecule has 1 aliphatic carbocycles. The maximum Gasteiger partial charge on any atom is 0.231 e. The zero-order chi connectivity index (χ0) is 13.6. The second-order valence-corrected chi connectivity index (χ2v) is 6.57. The molecular formula is C14H24N2OS. The first-order chi connectivity index (χ1) is 8.55. The van der Waals surface area contributed by atoms with Crippen LogP contribution in [0, 0.1) is 11.3 Å². The van der Waals surface area contributed by atoms with Gasteiger partial charge < -0.3 is 5.32 Å². The van der Waals surface area contributed by atoms with Gasteiger partial charge in [-0.2, -0.15) is 5.26 Å². The van der Waals surface area contributed by atoms with Crippen LogP contribution in [0.1, 0.15) is 59.3 Å². The smallest absolute Gasteiger partial charge is 0.231 e. The lowest BCUT2D eigenvalue weighted by Crippen LogP contribution is -2.53. The lowest BCUT2D eigenvalue weighted by Gasteiger charge is -2.36. The van der Waals surface area contributed by atoms with Gasteiger partial charge in [0.25, 0.3) is 0 Å². The predicted molar refractivity (Wildman–Crippen MR) is 76.4 cm³/mol. The van der Waals surface area contributed by atoms with E-state index < -0.39 is 5.54 Å². The van der Waals surface area contributed by atoms with Gasteiger partial charge in [0.15, 0.2) is 0 Å². The standard InChI is InChI=1S/C14H24N2OS/c1-4-14(5-2,6-3)18-10-12(17)16-13(11-15)8-7-9-13/h4-10H2,1-3H3,(H,16,17). The highest BCUT2D eigenvalue weighted by Gasteiger charge is 2.38. The number of hydrogen-bond donors (Lipinski definition) is 1. The van der Waals surface area contributed by atoms with Crippen LogP contribution >= 0.6 is 11.8 Å². The van der Waals surface area contributed by atoms with Crippen LogP contribution in [0.2, 0.25) is 0 Å². The Morgan fingerprint density at radius 3 is 2.22 bits per heavy atom. The van der Waals surface area contributed by atoms with Crippen LogP contribution in [0.5, 0.6) is 0 Å². The van der Waals surface area contributed by atoms with Gasteiger partial charge in [-0.05, 0) is 38.5 Å². The van der Waals surface area contributed by atoms with Crippen molar-refractivity contribution in [2.75, 3.05) is 5.75 Å². The first kappa shape index (κ1) is 15.4. The van der Waals surface area contributed by atoms with Crippen LogP contribution in [0.15, 0.2) is 0 Å². The maximum atomic E-state index is 11.9. The fourth-order valence-electron chi connectivity index (χ4n) is 2.37. The second-order valence-electron chi connectivity index (χ2n) is 5.13. The molecule has 1 aliphatic rings. The Labute approximate surface area is 115 Å². The highest BCUT2D eigenvalue weighted by molar-refractivity contribution is 8.01. The minimum atomic E-state index is -0.551. The molecule has 0 spiro atoms. The van der Waals surface area contributed by atoms with Crippen LogP contribution in [0.3, 0.4) is 0 Å². The molecule has 0 aromatic rings. The summed E-state index contributed by atoms with van der Waals surface area (Å²) in [5, 5.41) is 12.0. The molecule has 1 fully saturated rings. The summed E-state index contributed by atoms with van der Waals surface area (Å²) < 4.78 is 0.219.